The van der Waals surface area contributed by atoms with Gasteiger partial charge in [-0.1, -0.05) is 42.3 Å². The first-order valence-corrected chi connectivity index (χ1v) is 11.9. The van der Waals surface area contributed by atoms with Crippen LogP contribution in [0.4, 0.5) is 4.79 Å². The largest absolute Gasteiger partial charge is 0.436 e. The molecule has 0 saturated carbocycles. The van der Waals surface area contributed by atoms with Crippen molar-refractivity contribution in [2.45, 2.75) is 19.3 Å². The van der Waals surface area contributed by atoms with E-state index in [1.54, 1.807) is 5.48 Å². The van der Waals surface area contributed by atoms with Crippen LogP contribution in [0.2, 0.25) is 0 Å². The molecule has 2 aliphatic heterocycles. The second kappa shape index (κ2) is 10.2. The van der Waals surface area contributed by atoms with Crippen LogP contribution >= 0.6 is 0 Å². The van der Waals surface area contributed by atoms with Crippen molar-refractivity contribution in [3.8, 4) is 12.3 Å². The van der Waals surface area contributed by atoms with Gasteiger partial charge in [-0.3, -0.25) is 10.0 Å². The molecule has 0 aliphatic carbocycles. The molecule has 1 fully saturated rings. The summed E-state index contributed by atoms with van der Waals surface area (Å²) in [7, 11) is -3.80. The molecule has 10 heteroatoms. The quantitative estimate of drug-likeness (QED) is 0.376. The molecule has 172 valence electrons. The number of carbonyl (C=O) groups excluding carboxylic acids is 2. The number of hydrogen-bond acceptors (Lipinski definition) is 6. The lowest BCUT2D eigenvalue weighted by Gasteiger charge is -2.40. The standard InChI is InChI=1S/C22H27N3O6S/c1-2-16-31-21(27)24-14-10-22(11-15-24,20(26)23-28)17-32(29,30)25-12-8-19(9-13-25)18-6-4-3-5-7-18/h1,3-8,28H,9-17H2,(H,23,26). The molecule has 2 heterocycles. The number of terminal acetylenes is 1. The molecule has 0 spiro atoms. The first-order valence-electron chi connectivity index (χ1n) is 10.3. The number of carbonyl (C=O) groups is 2. The molecule has 32 heavy (non-hydrogen) atoms. The summed E-state index contributed by atoms with van der Waals surface area (Å²) in [6, 6.07) is 9.77. The van der Waals surface area contributed by atoms with E-state index >= 15 is 0 Å². The molecule has 1 saturated heterocycles. The molecule has 2 aliphatic rings. The Morgan fingerprint density at radius 2 is 1.88 bits per heavy atom. The zero-order valence-electron chi connectivity index (χ0n) is 17.7. The van der Waals surface area contributed by atoms with E-state index < -0.39 is 33.2 Å². The third-order valence-electron chi connectivity index (χ3n) is 6.01. The highest BCUT2D eigenvalue weighted by atomic mass is 32.2. The smallest absolute Gasteiger partial charge is 0.410 e. The molecule has 3 rings (SSSR count). The topological polar surface area (TPSA) is 116 Å². The summed E-state index contributed by atoms with van der Waals surface area (Å²) in [6.45, 7) is 0.590. The second-order valence-electron chi connectivity index (χ2n) is 7.93. The maximum absolute atomic E-state index is 13.2. The predicted octanol–water partition coefficient (Wildman–Crippen LogP) is 1.46. The van der Waals surface area contributed by atoms with Crippen LogP contribution in [-0.4, -0.2) is 73.4 Å². The average Bonchev–Trinajstić information content (AvgIpc) is 2.82. The van der Waals surface area contributed by atoms with Gasteiger partial charge >= 0.3 is 6.09 Å². The van der Waals surface area contributed by atoms with Gasteiger partial charge in [0.15, 0.2) is 6.61 Å². The van der Waals surface area contributed by atoms with Crippen molar-refractivity contribution in [1.82, 2.24) is 14.7 Å². The Morgan fingerprint density at radius 3 is 2.44 bits per heavy atom. The molecule has 1 aromatic rings. The summed E-state index contributed by atoms with van der Waals surface area (Å²) in [5.74, 6) is 0.987. The fraction of sp³-hybridized carbons (Fsp3) is 0.455. The van der Waals surface area contributed by atoms with Crippen molar-refractivity contribution in [1.29, 1.82) is 0 Å². The van der Waals surface area contributed by atoms with Crippen molar-refractivity contribution < 1.29 is 28.0 Å². The lowest BCUT2D eigenvalue weighted by atomic mass is 9.79. The number of sulfonamides is 1. The number of hydrogen-bond donors (Lipinski definition) is 2. The Labute approximate surface area is 188 Å². The van der Waals surface area contributed by atoms with Crippen molar-refractivity contribution in [2.75, 3.05) is 38.5 Å². The summed E-state index contributed by atoms with van der Waals surface area (Å²) < 4.78 is 32.6. The van der Waals surface area contributed by atoms with Crippen LogP contribution in [0.1, 0.15) is 24.8 Å². The third kappa shape index (κ3) is 5.30. The number of benzene rings is 1. The van der Waals surface area contributed by atoms with Gasteiger partial charge in [-0.15, -0.1) is 6.42 Å². The first-order chi connectivity index (χ1) is 15.3. The van der Waals surface area contributed by atoms with E-state index in [2.05, 4.69) is 5.92 Å². The number of nitrogens with zero attached hydrogens (tertiary/aromatic N) is 2. The number of likely N-dealkylation sites (tertiary alicyclic amines) is 1. The molecule has 0 radical (unpaired) electrons. The SMILES string of the molecule is C#CCOC(=O)N1CCC(CS(=O)(=O)N2CC=C(c3ccccc3)CC2)(C(=O)NO)CC1. The molecule has 0 bridgehead atoms. The number of ether oxygens (including phenoxy) is 1. The van der Waals surface area contributed by atoms with E-state index in [0.717, 1.165) is 11.1 Å². The number of hydroxylamine groups is 1. The number of piperidine rings is 1. The van der Waals surface area contributed by atoms with Crippen molar-refractivity contribution in [3.05, 3.63) is 42.0 Å². The molecular weight excluding hydrogens is 434 g/mol. The van der Waals surface area contributed by atoms with Crippen molar-refractivity contribution in [2.24, 2.45) is 5.41 Å². The summed E-state index contributed by atoms with van der Waals surface area (Å²) in [5.41, 5.74) is 2.41. The zero-order chi connectivity index (χ0) is 23.2. The van der Waals surface area contributed by atoms with E-state index in [0.29, 0.717) is 13.0 Å². The van der Waals surface area contributed by atoms with Gasteiger partial charge in [-0.25, -0.2) is 18.7 Å². The first kappa shape index (κ1) is 23.8. The van der Waals surface area contributed by atoms with Crippen LogP contribution in [0, 0.1) is 17.8 Å². The van der Waals surface area contributed by atoms with Crippen LogP contribution < -0.4 is 5.48 Å². The highest BCUT2D eigenvalue weighted by molar-refractivity contribution is 7.89. The highest BCUT2D eigenvalue weighted by Crippen LogP contribution is 2.35. The Hall–Kier alpha value is -2.87. The average molecular weight is 462 g/mol. The minimum absolute atomic E-state index is 0.0721. The second-order valence-corrected chi connectivity index (χ2v) is 9.90. The van der Waals surface area contributed by atoms with E-state index in [4.69, 9.17) is 11.2 Å². The van der Waals surface area contributed by atoms with Crippen LogP contribution in [0.15, 0.2) is 36.4 Å². The summed E-state index contributed by atoms with van der Waals surface area (Å²) in [4.78, 5) is 25.9. The summed E-state index contributed by atoms with van der Waals surface area (Å²) in [5, 5.41) is 9.27. The van der Waals surface area contributed by atoms with Gasteiger partial charge in [0.1, 0.15) is 0 Å². The maximum atomic E-state index is 13.2. The van der Waals surface area contributed by atoms with Crippen LogP contribution in [0.25, 0.3) is 5.57 Å². The fourth-order valence-corrected chi connectivity index (χ4v) is 6.10. The molecule has 2 N–H and O–H groups in total. The number of amides is 2. The number of rotatable bonds is 6. The Kier molecular flexibility index (Phi) is 7.56. The van der Waals surface area contributed by atoms with Crippen molar-refractivity contribution >= 4 is 27.6 Å². The minimum Gasteiger partial charge on any atom is -0.436 e. The zero-order valence-corrected chi connectivity index (χ0v) is 18.5. The van der Waals surface area contributed by atoms with Crippen molar-refractivity contribution in [3.63, 3.8) is 0 Å². The van der Waals surface area contributed by atoms with Crippen LogP contribution in [0.3, 0.4) is 0 Å². The Bertz CT molecular complexity index is 1010. The van der Waals surface area contributed by atoms with E-state index in [1.165, 1.54) is 9.21 Å². The molecule has 2 amide bonds. The highest BCUT2D eigenvalue weighted by Gasteiger charge is 2.47. The molecule has 0 atom stereocenters. The molecule has 0 aromatic heterocycles. The summed E-state index contributed by atoms with van der Waals surface area (Å²) >= 11 is 0. The van der Waals surface area contributed by atoms with Gasteiger partial charge in [0.2, 0.25) is 10.0 Å². The van der Waals surface area contributed by atoms with Crippen LogP contribution in [-0.2, 0) is 19.6 Å². The predicted molar refractivity (Wildman–Crippen MR) is 118 cm³/mol. The van der Waals surface area contributed by atoms with E-state index in [-0.39, 0.29) is 39.1 Å². The lowest BCUT2D eigenvalue weighted by Crippen LogP contribution is -2.54. The van der Waals surface area contributed by atoms with Gasteiger partial charge in [0, 0.05) is 26.2 Å². The lowest BCUT2D eigenvalue weighted by molar-refractivity contribution is -0.141. The normalized spacial score (nSPS) is 18.9. The third-order valence-corrected chi connectivity index (χ3v) is 8.05. The Morgan fingerprint density at radius 1 is 1.19 bits per heavy atom. The Balaban J connectivity index is 1.69. The van der Waals surface area contributed by atoms with Gasteiger partial charge < -0.3 is 9.64 Å². The monoisotopic (exact) mass is 461 g/mol. The summed E-state index contributed by atoms with van der Waals surface area (Å²) in [6.07, 6.45) is 7.07. The van der Waals surface area contributed by atoms with E-state index in [9.17, 15) is 23.2 Å². The molecule has 1 aromatic carbocycles. The molecular formula is C22H27N3O6S. The fourth-order valence-electron chi connectivity index (χ4n) is 4.13. The number of nitrogens with one attached hydrogen (secondary N) is 1. The minimum atomic E-state index is -3.80. The van der Waals surface area contributed by atoms with E-state index in [1.807, 2.05) is 36.4 Å². The van der Waals surface area contributed by atoms with Gasteiger partial charge in [0.05, 0.1) is 11.2 Å². The van der Waals surface area contributed by atoms with Gasteiger partial charge in [-0.05, 0) is 30.4 Å². The van der Waals surface area contributed by atoms with Crippen LogP contribution in [0.5, 0.6) is 0 Å². The molecule has 9 nitrogen and oxygen atoms in total. The van der Waals surface area contributed by atoms with Gasteiger partial charge in [0.25, 0.3) is 5.91 Å². The maximum Gasteiger partial charge on any atom is 0.410 e. The van der Waals surface area contributed by atoms with Gasteiger partial charge in [-0.2, -0.15) is 4.31 Å². The molecule has 0 unspecified atom stereocenters.